The molecule has 0 aromatic heterocycles. The fourth-order valence-electron chi connectivity index (χ4n) is 2.08. The Morgan fingerprint density at radius 1 is 1.19 bits per heavy atom. The first-order valence-electron chi connectivity index (χ1n) is 5.17. The van der Waals surface area contributed by atoms with E-state index in [0.29, 0.717) is 6.79 Å². The second-order valence-electron chi connectivity index (χ2n) is 3.87. The van der Waals surface area contributed by atoms with Crippen molar-refractivity contribution in [2.75, 3.05) is 6.79 Å². The number of fused-ring (bicyclic) bond motifs is 2. The Hall–Kier alpha value is -1.97. The number of aryl methyl sites for hydroxylation is 1. The lowest BCUT2D eigenvalue weighted by Crippen LogP contribution is -2.00. The van der Waals surface area contributed by atoms with Gasteiger partial charge in [0, 0.05) is 0 Å². The summed E-state index contributed by atoms with van der Waals surface area (Å²) in [5.74, 6) is 1.61. The molecule has 4 heteroatoms. The van der Waals surface area contributed by atoms with Crippen LogP contribution < -0.4 is 9.47 Å². The molecule has 1 aliphatic heterocycles. The third-order valence-electron chi connectivity index (χ3n) is 2.88. The highest BCUT2D eigenvalue weighted by Gasteiger charge is 2.18. The number of ether oxygens (including phenoxy) is 2. The molecule has 1 aromatic rings. The van der Waals surface area contributed by atoms with Gasteiger partial charge in [-0.15, -0.1) is 0 Å². The zero-order chi connectivity index (χ0) is 11.0. The van der Waals surface area contributed by atoms with Gasteiger partial charge in [-0.1, -0.05) is 5.16 Å². The average molecular weight is 217 g/mol. The number of hydrogen-bond acceptors (Lipinski definition) is 4. The van der Waals surface area contributed by atoms with E-state index in [4.69, 9.17) is 14.7 Å². The van der Waals surface area contributed by atoms with E-state index in [1.807, 2.05) is 18.2 Å². The average Bonchev–Trinajstić information content (AvgIpc) is 2.73. The summed E-state index contributed by atoms with van der Waals surface area (Å²) in [6, 6.07) is 4.00. The molecule has 0 spiro atoms. The van der Waals surface area contributed by atoms with Crippen LogP contribution in [-0.4, -0.2) is 18.2 Å². The minimum atomic E-state index is 0.299. The van der Waals surface area contributed by atoms with Crippen molar-refractivity contribution in [3.05, 3.63) is 28.8 Å². The van der Waals surface area contributed by atoms with Gasteiger partial charge in [0.25, 0.3) is 0 Å². The van der Waals surface area contributed by atoms with Gasteiger partial charge in [0.15, 0.2) is 11.5 Å². The second-order valence-corrected chi connectivity index (χ2v) is 3.87. The van der Waals surface area contributed by atoms with E-state index in [1.54, 1.807) is 0 Å². The SMILES string of the molecule is O/N=C/C1=Cc2cc3c(cc2CC1)OCO3. The van der Waals surface area contributed by atoms with Gasteiger partial charge in [0.2, 0.25) is 6.79 Å². The Morgan fingerprint density at radius 3 is 2.81 bits per heavy atom. The number of nitrogens with zero attached hydrogens (tertiary/aromatic N) is 1. The van der Waals surface area contributed by atoms with Crippen molar-refractivity contribution in [2.24, 2.45) is 5.16 Å². The van der Waals surface area contributed by atoms with Gasteiger partial charge in [-0.3, -0.25) is 0 Å². The maximum absolute atomic E-state index is 8.51. The summed E-state index contributed by atoms with van der Waals surface area (Å²) in [6.45, 7) is 0.299. The smallest absolute Gasteiger partial charge is 0.231 e. The number of hydrogen-bond donors (Lipinski definition) is 1. The predicted molar refractivity (Wildman–Crippen MR) is 59.1 cm³/mol. The Kier molecular flexibility index (Phi) is 2.06. The molecule has 0 radical (unpaired) electrons. The molecular formula is C12H11NO3. The summed E-state index contributed by atoms with van der Waals surface area (Å²) in [4.78, 5) is 0. The molecule has 2 aliphatic rings. The lowest BCUT2D eigenvalue weighted by molar-refractivity contribution is 0.174. The Balaban J connectivity index is 2.05. The highest BCUT2D eigenvalue weighted by molar-refractivity contribution is 5.87. The number of oxime groups is 1. The van der Waals surface area contributed by atoms with Crippen LogP contribution in [0.2, 0.25) is 0 Å². The summed E-state index contributed by atoms with van der Waals surface area (Å²) >= 11 is 0. The first kappa shape index (κ1) is 9.27. The summed E-state index contributed by atoms with van der Waals surface area (Å²) < 4.78 is 10.7. The van der Waals surface area contributed by atoms with Gasteiger partial charge >= 0.3 is 0 Å². The van der Waals surface area contributed by atoms with Crippen LogP contribution in [0, 0.1) is 0 Å². The summed E-state index contributed by atoms with van der Waals surface area (Å²) in [7, 11) is 0. The van der Waals surface area contributed by atoms with E-state index in [-0.39, 0.29) is 0 Å². The second kappa shape index (κ2) is 3.56. The Morgan fingerprint density at radius 2 is 2.00 bits per heavy atom. The normalized spacial score (nSPS) is 17.4. The van der Waals surface area contributed by atoms with Gasteiger partial charge < -0.3 is 14.7 Å². The number of rotatable bonds is 1. The molecule has 0 bridgehead atoms. The molecule has 0 saturated heterocycles. The van der Waals surface area contributed by atoms with Crippen LogP contribution in [0.3, 0.4) is 0 Å². The summed E-state index contributed by atoms with van der Waals surface area (Å²) in [6.07, 6.45) is 5.31. The standard InChI is InChI=1S/C12H11NO3/c14-13-6-8-1-2-9-4-11-12(16-7-15-11)5-10(9)3-8/h3-6,14H,1-2,7H2/b13-6+. The fourth-order valence-corrected chi connectivity index (χ4v) is 2.08. The largest absolute Gasteiger partial charge is 0.454 e. The van der Waals surface area contributed by atoms with Crippen molar-refractivity contribution >= 4 is 12.3 Å². The van der Waals surface area contributed by atoms with Gasteiger partial charge in [0.05, 0.1) is 6.21 Å². The lowest BCUT2D eigenvalue weighted by atomic mass is 9.92. The van der Waals surface area contributed by atoms with Crippen LogP contribution in [0.1, 0.15) is 17.5 Å². The molecule has 0 amide bonds. The van der Waals surface area contributed by atoms with E-state index >= 15 is 0 Å². The van der Waals surface area contributed by atoms with Crippen LogP contribution in [0.25, 0.3) is 6.08 Å². The predicted octanol–water partition coefficient (Wildman–Crippen LogP) is 2.20. The van der Waals surface area contributed by atoms with Crippen molar-refractivity contribution in [1.82, 2.24) is 0 Å². The third kappa shape index (κ3) is 1.43. The summed E-state index contributed by atoms with van der Waals surface area (Å²) in [5, 5.41) is 11.6. The molecule has 1 N–H and O–H groups in total. The zero-order valence-electron chi connectivity index (χ0n) is 8.64. The minimum absolute atomic E-state index is 0.299. The Labute approximate surface area is 92.8 Å². The van der Waals surface area contributed by atoms with E-state index in [1.165, 1.54) is 11.8 Å². The third-order valence-corrected chi connectivity index (χ3v) is 2.88. The Bertz CT molecular complexity index is 491. The van der Waals surface area contributed by atoms with Crippen LogP contribution in [0.5, 0.6) is 11.5 Å². The van der Waals surface area contributed by atoms with Crippen molar-refractivity contribution in [1.29, 1.82) is 0 Å². The van der Waals surface area contributed by atoms with E-state index < -0.39 is 0 Å². The van der Waals surface area contributed by atoms with Crippen molar-refractivity contribution in [2.45, 2.75) is 12.8 Å². The van der Waals surface area contributed by atoms with Crippen LogP contribution >= 0.6 is 0 Å². The molecule has 16 heavy (non-hydrogen) atoms. The zero-order valence-corrected chi connectivity index (χ0v) is 8.64. The van der Waals surface area contributed by atoms with E-state index in [0.717, 1.165) is 35.5 Å². The van der Waals surface area contributed by atoms with E-state index in [2.05, 4.69) is 5.16 Å². The van der Waals surface area contributed by atoms with Gasteiger partial charge in [-0.2, -0.15) is 0 Å². The van der Waals surface area contributed by atoms with Crippen molar-refractivity contribution in [3.63, 3.8) is 0 Å². The van der Waals surface area contributed by atoms with Crippen molar-refractivity contribution < 1.29 is 14.7 Å². The molecular weight excluding hydrogens is 206 g/mol. The molecule has 1 heterocycles. The van der Waals surface area contributed by atoms with Crippen LogP contribution in [0.15, 0.2) is 22.9 Å². The molecule has 0 unspecified atom stereocenters. The molecule has 1 aromatic carbocycles. The van der Waals surface area contributed by atoms with Gasteiger partial charge in [-0.25, -0.2) is 0 Å². The molecule has 82 valence electrons. The quantitative estimate of drug-likeness (QED) is 0.445. The highest BCUT2D eigenvalue weighted by atomic mass is 16.7. The highest BCUT2D eigenvalue weighted by Crippen LogP contribution is 2.37. The number of allylic oxidation sites excluding steroid dienone is 1. The topological polar surface area (TPSA) is 51.1 Å². The first-order chi connectivity index (χ1) is 7.86. The fraction of sp³-hybridized carbons (Fsp3) is 0.250. The van der Waals surface area contributed by atoms with Gasteiger partial charge in [-0.05, 0) is 47.8 Å². The first-order valence-corrected chi connectivity index (χ1v) is 5.17. The van der Waals surface area contributed by atoms with E-state index in [9.17, 15) is 0 Å². The van der Waals surface area contributed by atoms with Gasteiger partial charge in [0.1, 0.15) is 0 Å². The summed E-state index contributed by atoms with van der Waals surface area (Å²) in [5.41, 5.74) is 3.39. The van der Waals surface area contributed by atoms with Crippen molar-refractivity contribution in [3.8, 4) is 11.5 Å². The maximum atomic E-state index is 8.51. The van der Waals surface area contributed by atoms with Crippen LogP contribution in [-0.2, 0) is 6.42 Å². The number of benzene rings is 1. The lowest BCUT2D eigenvalue weighted by Gasteiger charge is -2.14. The molecule has 0 atom stereocenters. The monoisotopic (exact) mass is 217 g/mol. The molecule has 0 saturated carbocycles. The molecule has 4 nitrogen and oxygen atoms in total. The minimum Gasteiger partial charge on any atom is -0.454 e. The molecule has 0 fully saturated rings. The van der Waals surface area contributed by atoms with Crippen LogP contribution in [0.4, 0.5) is 0 Å². The molecule has 3 rings (SSSR count). The molecule has 1 aliphatic carbocycles. The maximum Gasteiger partial charge on any atom is 0.231 e.